The molecular formula is C26H35FN6O. The predicted molar refractivity (Wildman–Crippen MR) is 136 cm³/mol. The number of aliphatic hydroxyl groups is 1. The maximum atomic E-state index is 13.5. The van der Waals surface area contributed by atoms with E-state index in [1.165, 1.54) is 30.6 Å². The van der Waals surface area contributed by atoms with E-state index in [0.717, 1.165) is 17.7 Å². The lowest BCUT2D eigenvalue weighted by Crippen LogP contribution is -2.49. The fourth-order valence-corrected chi connectivity index (χ4v) is 3.56. The number of nitriles is 1. The van der Waals surface area contributed by atoms with E-state index in [9.17, 15) is 14.8 Å². The van der Waals surface area contributed by atoms with Crippen LogP contribution in [0.2, 0.25) is 0 Å². The SMILES string of the molecule is C=N/C=N\Cc1c(C#N)cc(NC(O)(c2ccc(F)cc2)C(C)N)cc1CCNCC(C)(C)C. The minimum absolute atomic E-state index is 0.146. The van der Waals surface area contributed by atoms with Gasteiger partial charge in [-0.3, -0.25) is 9.98 Å². The van der Waals surface area contributed by atoms with Crippen LogP contribution in [0, 0.1) is 22.6 Å². The van der Waals surface area contributed by atoms with E-state index in [-0.39, 0.29) is 12.0 Å². The zero-order valence-corrected chi connectivity index (χ0v) is 20.4. The molecule has 2 atom stereocenters. The molecule has 0 radical (unpaired) electrons. The summed E-state index contributed by atoms with van der Waals surface area (Å²) in [6, 6.07) is 10.6. The standard InChI is InChI=1S/C26H35FN6O/c1-18(29)26(34,21-6-8-22(27)9-7-21)33-23-12-19(10-11-31-16-25(2,3)4)24(15-32-17-30-5)20(13-23)14-28/h6-9,12-13,17-18,31,33-34H,5,10-11,15-16,29H2,1-4H3/b32-17-. The Bertz CT molecular complexity index is 1040. The zero-order chi connectivity index (χ0) is 25.4. The number of hydrogen-bond donors (Lipinski definition) is 4. The van der Waals surface area contributed by atoms with Crippen LogP contribution < -0.4 is 16.4 Å². The van der Waals surface area contributed by atoms with E-state index in [4.69, 9.17) is 5.73 Å². The number of halogens is 1. The number of nitrogens with two attached hydrogens (primary N) is 1. The highest BCUT2D eigenvalue weighted by atomic mass is 19.1. The first-order valence-corrected chi connectivity index (χ1v) is 11.2. The molecule has 0 spiro atoms. The number of aliphatic imine (C=N–C) groups is 2. The maximum absolute atomic E-state index is 13.5. The largest absolute Gasteiger partial charge is 0.366 e. The summed E-state index contributed by atoms with van der Waals surface area (Å²) >= 11 is 0. The van der Waals surface area contributed by atoms with E-state index < -0.39 is 17.6 Å². The van der Waals surface area contributed by atoms with Crippen LogP contribution in [-0.4, -0.2) is 37.3 Å². The Hall–Kier alpha value is -3.12. The highest BCUT2D eigenvalue weighted by molar-refractivity contribution is 5.63. The fourth-order valence-electron chi connectivity index (χ4n) is 3.56. The Morgan fingerprint density at radius 3 is 2.50 bits per heavy atom. The van der Waals surface area contributed by atoms with Crippen LogP contribution in [0.25, 0.3) is 0 Å². The molecule has 0 aliphatic heterocycles. The van der Waals surface area contributed by atoms with Gasteiger partial charge >= 0.3 is 0 Å². The first-order valence-electron chi connectivity index (χ1n) is 11.2. The van der Waals surface area contributed by atoms with Gasteiger partial charge in [0.1, 0.15) is 12.2 Å². The predicted octanol–water partition coefficient (Wildman–Crippen LogP) is 3.71. The van der Waals surface area contributed by atoms with Crippen LogP contribution in [-0.2, 0) is 18.7 Å². The maximum Gasteiger partial charge on any atom is 0.177 e. The Morgan fingerprint density at radius 1 is 1.26 bits per heavy atom. The molecule has 2 unspecified atom stereocenters. The van der Waals surface area contributed by atoms with E-state index >= 15 is 0 Å². The smallest absolute Gasteiger partial charge is 0.177 e. The van der Waals surface area contributed by atoms with Crippen molar-refractivity contribution in [3.63, 3.8) is 0 Å². The Morgan fingerprint density at radius 2 is 1.94 bits per heavy atom. The lowest BCUT2D eigenvalue weighted by molar-refractivity contribution is 0.0448. The van der Waals surface area contributed by atoms with Crippen LogP contribution in [0.3, 0.4) is 0 Å². The van der Waals surface area contributed by atoms with Crippen molar-refractivity contribution in [1.82, 2.24) is 5.32 Å². The summed E-state index contributed by atoms with van der Waals surface area (Å²) in [5.41, 5.74) is 7.69. The fraction of sp³-hybridized carbons (Fsp3) is 0.423. The Balaban J connectivity index is 2.44. The third-order valence-corrected chi connectivity index (χ3v) is 5.38. The number of benzene rings is 2. The summed E-state index contributed by atoms with van der Waals surface area (Å²) in [5.74, 6) is -0.411. The average Bonchev–Trinajstić information content (AvgIpc) is 2.77. The minimum Gasteiger partial charge on any atom is -0.366 e. The molecule has 0 saturated carbocycles. The van der Waals surface area contributed by atoms with Gasteiger partial charge in [0.15, 0.2) is 5.72 Å². The van der Waals surface area contributed by atoms with Crippen molar-refractivity contribution >= 4 is 18.7 Å². The van der Waals surface area contributed by atoms with Gasteiger partial charge in [0.2, 0.25) is 0 Å². The molecule has 7 nitrogen and oxygen atoms in total. The van der Waals surface area contributed by atoms with Crippen molar-refractivity contribution in [1.29, 1.82) is 5.26 Å². The van der Waals surface area contributed by atoms with Gasteiger partial charge in [0.25, 0.3) is 0 Å². The van der Waals surface area contributed by atoms with Crippen LogP contribution in [0.4, 0.5) is 10.1 Å². The van der Waals surface area contributed by atoms with Crippen LogP contribution in [0.5, 0.6) is 0 Å². The van der Waals surface area contributed by atoms with Gasteiger partial charge in [-0.1, -0.05) is 32.9 Å². The molecule has 0 saturated heterocycles. The van der Waals surface area contributed by atoms with E-state index in [1.807, 2.05) is 6.07 Å². The van der Waals surface area contributed by atoms with E-state index in [1.54, 1.807) is 13.0 Å². The van der Waals surface area contributed by atoms with Crippen LogP contribution >= 0.6 is 0 Å². The molecule has 2 aromatic carbocycles. The molecule has 0 bridgehead atoms. The molecule has 0 amide bonds. The molecule has 2 aromatic rings. The van der Waals surface area contributed by atoms with Gasteiger partial charge in [0, 0.05) is 17.8 Å². The summed E-state index contributed by atoms with van der Waals surface area (Å²) in [7, 11) is 0. The van der Waals surface area contributed by atoms with Crippen molar-refractivity contribution in [3.05, 3.63) is 64.5 Å². The summed E-state index contributed by atoms with van der Waals surface area (Å²) < 4.78 is 13.5. The van der Waals surface area contributed by atoms with Crippen LogP contribution in [0.1, 0.15) is 49.9 Å². The minimum atomic E-state index is -1.67. The van der Waals surface area contributed by atoms with Gasteiger partial charge in [-0.2, -0.15) is 5.26 Å². The molecule has 0 aromatic heterocycles. The lowest BCUT2D eigenvalue weighted by Gasteiger charge is -2.34. The van der Waals surface area contributed by atoms with Crippen molar-refractivity contribution in [2.75, 3.05) is 18.4 Å². The van der Waals surface area contributed by atoms with Gasteiger partial charge in [-0.25, -0.2) is 4.39 Å². The molecule has 0 fully saturated rings. The number of rotatable bonds is 11. The molecule has 0 aliphatic carbocycles. The second kappa shape index (κ2) is 11.8. The Kier molecular flexibility index (Phi) is 9.45. The molecule has 8 heteroatoms. The molecule has 5 N–H and O–H groups in total. The van der Waals surface area contributed by atoms with Crippen LogP contribution in [0.15, 0.2) is 46.4 Å². The van der Waals surface area contributed by atoms with Gasteiger partial charge in [0.05, 0.1) is 24.2 Å². The molecule has 0 heterocycles. The monoisotopic (exact) mass is 466 g/mol. The molecular weight excluding hydrogens is 431 g/mol. The van der Waals surface area contributed by atoms with Gasteiger partial charge in [-0.15, -0.1) is 0 Å². The second-order valence-electron chi connectivity index (χ2n) is 9.59. The summed E-state index contributed by atoms with van der Waals surface area (Å²) in [5, 5.41) is 27.8. The highest BCUT2D eigenvalue weighted by Gasteiger charge is 2.34. The molecule has 0 aliphatic rings. The van der Waals surface area contributed by atoms with E-state index in [2.05, 4.69) is 54.2 Å². The summed E-state index contributed by atoms with van der Waals surface area (Å²) in [6.45, 7) is 13.4. The van der Waals surface area contributed by atoms with Crippen molar-refractivity contribution < 1.29 is 9.50 Å². The summed E-state index contributed by atoms with van der Waals surface area (Å²) in [6.07, 6.45) is 2.01. The van der Waals surface area contributed by atoms with Gasteiger partial charge in [-0.05, 0) is 67.4 Å². The zero-order valence-electron chi connectivity index (χ0n) is 20.4. The second-order valence-corrected chi connectivity index (χ2v) is 9.59. The third-order valence-electron chi connectivity index (χ3n) is 5.38. The quantitative estimate of drug-likeness (QED) is 0.174. The normalized spacial score (nSPS) is 14.4. The van der Waals surface area contributed by atoms with E-state index in [0.29, 0.717) is 29.8 Å². The Labute approximate surface area is 201 Å². The first kappa shape index (κ1) is 27.1. The number of nitrogens with one attached hydrogen (secondary N) is 2. The lowest BCUT2D eigenvalue weighted by atomic mass is 9.93. The number of anilines is 1. The number of hydrogen-bond acceptors (Lipinski definition) is 6. The van der Waals surface area contributed by atoms with Crippen molar-refractivity contribution in [3.8, 4) is 6.07 Å². The van der Waals surface area contributed by atoms with Crippen molar-refractivity contribution in [2.45, 2.75) is 52.4 Å². The first-order chi connectivity index (χ1) is 16.0. The highest BCUT2D eigenvalue weighted by Crippen LogP contribution is 2.30. The van der Waals surface area contributed by atoms with Gasteiger partial charge < -0.3 is 21.5 Å². The third kappa shape index (κ3) is 7.45. The van der Waals surface area contributed by atoms with Crippen molar-refractivity contribution in [2.24, 2.45) is 21.1 Å². The number of nitrogens with zero attached hydrogens (tertiary/aromatic N) is 3. The molecule has 34 heavy (non-hydrogen) atoms. The molecule has 2 rings (SSSR count). The topological polar surface area (TPSA) is 119 Å². The summed E-state index contributed by atoms with van der Waals surface area (Å²) in [4.78, 5) is 7.87. The average molecular weight is 467 g/mol. The molecule has 182 valence electrons.